The van der Waals surface area contributed by atoms with Gasteiger partial charge in [-0.25, -0.2) is 9.59 Å². The zero-order chi connectivity index (χ0) is 24.3. The van der Waals surface area contributed by atoms with E-state index in [1.807, 2.05) is 6.07 Å². The lowest BCUT2D eigenvalue weighted by Crippen LogP contribution is -2.52. The Bertz CT molecular complexity index is 1200. The molecule has 0 spiro atoms. The van der Waals surface area contributed by atoms with E-state index < -0.39 is 35.4 Å². The predicted molar refractivity (Wildman–Crippen MR) is 125 cm³/mol. The van der Waals surface area contributed by atoms with Gasteiger partial charge >= 0.3 is 11.9 Å². The van der Waals surface area contributed by atoms with E-state index in [9.17, 15) is 24.3 Å². The molecular formula is C28H27NO6. The highest BCUT2D eigenvalue weighted by Gasteiger charge is 2.53. The van der Waals surface area contributed by atoms with E-state index in [0.29, 0.717) is 23.3 Å². The Hall–Kier alpha value is -3.48. The molecule has 1 atom stereocenters. The summed E-state index contributed by atoms with van der Waals surface area (Å²) in [5.74, 6) is -1.22. The monoisotopic (exact) mass is 473 g/mol. The molecule has 2 aromatic carbocycles. The summed E-state index contributed by atoms with van der Waals surface area (Å²) in [6, 6.07) is 11.9. The van der Waals surface area contributed by atoms with Crippen LogP contribution in [-0.2, 0) is 16.0 Å². The van der Waals surface area contributed by atoms with Crippen LogP contribution in [-0.4, -0.2) is 45.4 Å². The Balaban J connectivity index is 1.24. The van der Waals surface area contributed by atoms with Crippen LogP contribution in [0.4, 0.5) is 0 Å². The summed E-state index contributed by atoms with van der Waals surface area (Å²) in [6.45, 7) is 0. The Morgan fingerprint density at radius 1 is 0.914 bits per heavy atom. The SMILES string of the molecule is O=C(OC12CC3CC(CC(C3)C1)C2)c1ccc2c(c1)C(=O)N([C@@H](Cc1ccccc1)C(=O)O)C2=O. The lowest BCUT2D eigenvalue weighted by molar-refractivity contribution is -0.141. The van der Waals surface area contributed by atoms with Crippen molar-refractivity contribution in [1.29, 1.82) is 0 Å². The molecule has 1 N–H and O–H groups in total. The second-order valence-corrected chi connectivity index (χ2v) is 10.8. The van der Waals surface area contributed by atoms with Crippen molar-refractivity contribution in [3.05, 3.63) is 70.8 Å². The van der Waals surface area contributed by atoms with E-state index in [1.54, 1.807) is 24.3 Å². The van der Waals surface area contributed by atoms with E-state index >= 15 is 0 Å². The second-order valence-electron chi connectivity index (χ2n) is 10.8. The number of esters is 1. The number of benzene rings is 2. The maximum absolute atomic E-state index is 13.2. The standard InChI is InChI=1S/C28H27NO6/c30-24-21-7-6-20(27(34)35-28-13-17-8-18(14-28)10-19(9-17)15-28)12-22(21)25(31)29(24)23(26(32)33)11-16-4-2-1-3-5-16/h1-7,12,17-19,23H,8-11,13-15H2,(H,32,33)/t17?,18?,19?,23-,28?/m0/s1. The molecule has 35 heavy (non-hydrogen) atoms. The first-order valence-electron chi connectivity index (χ1n) is 12.3. The maximum atomic E-state index is 13.2. The minimum absolute atomic E-state index is 0.00254. The number of imide groups is 1. The first-order valence-corrected chi connectivity index (χ1v) is 12.3. The van der Waals surface area contributed by atoms with Crippen LogP contribution in [0.5, 0.6) is 0 Å². The number of aliphatic carboxylic acids is 1. The number of carboxylic acid groups (broad SMARTS) is 1. The summed E-state index contributed by atoms with van der Waals surface area (Å²) in [5.41, 5.74) is 0.671. The first-order chi connectivity index (χ1) is 16.8. The van der Waals surface area contributed by atoms with E-state index in [2.05, 4.69) is 0 Å². The van der Waals surface area contributed by atoms with Crippen molar-refractivity contribution in [3.8, 4) is 0 Å². The van der Waals surface area contributed by atoms with Crippen LogP contribution in [0.25, 0.3) is 0 Å². The molecule has 0 unspecified atom stereocenters. The molecule has 0 radical (unpaired) electrons. The molecule has 4 saturated carbocycles. The highest BCUT2D eigenvalue weighted by Crippen LogP contribution is 2.57. The number of amides is 2. The number of carbonyl (C=O) groups is 4. The molecule has 180 valence electrons. The van der Waals surface area contributed by atoms with Crippen molar-refractivity contribution in [2.75, 3.05) is 0 Å². The zero-order valence-corrected chi connectivity index (χ0v) is 19.3. The molecule has 4 fully saturated rings. The third-order valence-electron chi connectivity index (χ3n) is 8.31. The molecule has 4 aliphatic carbocycles. The molecular weight excluding hydrogens is 446 g/mol. The predicted octanol–water partition coefficient (Wildman–Crippen LogP) is 4.10. The van der Waals surface area contributed by atoms with Gasteiger partial charge in [-0.05, 0) is 80.0 Å². The molecule has 4 bridgehead atoms. The van der Waals surface area contributed by atoms with Crippen molar-refractivity contribution in [1.82, 2.24) is 4.90 Å². The Morgan fingerprint density at radius 2 is 1.51 bits per heavy atom. The molecule has 2 amide bonds. The molecule has 0 aromatic heterocycles. The van der Waals surface area contributed by atoms with E-state index in [-0.39, 0.29) is 23.1 Å². The van der Waals surface area contributed by atoms with Crippen molar-refractivity contribution in [3.63, 3.8) is 0 Å². The van der Waals surface area contributed by atoms with Gasteiger partial charge in [-0.2, -0.15) is 0 Å². The van der Waals surface area contributed by atoms with Crippen LogP contribution in [0.3, 0.4) is 0 Å². The van der Waals surface area contributed by atoms with Crippen molar-refractivity contribution < 1.29 is 29.0 Å². The fourth-order valence-electron chi connectivity index (χ4n) is 7.21. The number of ether oxygens (including phenoxy) is 1. The van der Waals surface area contributed by atoms with Crippen molar-refractivity contribution >= 4 is 23.8 Å². The number of carbonyl (C=O) groups excluding carboxylic acids is 3. The van der Waals surface area contributed by atoms with Gasteiger partial charge in [-0.1, -0.05) is 30.3 Å². The summed E-state index contributed by atoms with van der Waals surface area (Å²) in [5, 5.41) is 9.82. The summed E-state index contributed by atoms with van der Waals surface area (Å²) in [7, 11) is 0. The third kappa shape index (κ3) is 3.74. The van der Waals surface area contributed by atoms with Gasteiger partial charge in [0, 0.05) is 6.42 Å². The van der Waals surface area contributed by atoms with Crippen LogP contribution < -0.4 is 0 Å². The minimum atomic E-state index is -1.34. The van der Waals surface area contributed by atoms with Gasteiger partial charge in [-0.15, -0.1) is 0 Å². The molecule has 1 aliphatic heterocycles. The molecule has 7 rings (SSSR count). The quantitative estimate of drug-likeness (QED) is 0.501. The number of nitrogens with zero attached hydrogens (tertiary/aromatic N) is 1. The Labute approximate surface area is 203 Å². The lowest BCUT2D eigenvalue weighted by atomic mass is 9.54. The molecule has 7 heteroatoms. The highest BCUT2D eigenvalue weighted by molar-refractivity contribution is 6.23. The number of rotatable bonds is 6. The van der Waals surface area contributed by atoms with Crippen LogP contribution in [0.15, 0.2) is 48.5 Å². The Morgan fingerprint density at radius 3 is 2.11 bits per heavy atom. The van der Waals surface area contributed by atoms with E-state index in [4.69, 9.17) is 4.74 Å². The van der Waals surface area contributed by atoms with Crippen LogP contribution in [0.2, 0.25) is 0 Å². The fraction of sp³-hybridized carbons (Fsp3) is 0.429. The summed E-state index contributed by atoms with van der Waals surface area (Å²) >= 11 is 0. The smallest absolute Gasteiger partial charge is 0.338 e. The van der Waals surface area contributed by atoms with Crippen molar-refractivity contribution in [2.24, 2.45) is 17.8 Å². The summed E-state index contributed by atoms with van der Waals surface area (Å²) in [4.78, 5) is 52.3. The van der Waals surface area contributed by atoms with Crippen LogP contribution >= 0.6 is 0 Å². The van der Waals surface area contributed by atoms with Crippen LogP contribution in [0.1, 0.15) is 75.2 Å². The summed E-state index contributed by atoms with van der Waals surface area (Å²) < 4.78 is 6.11. The Kier molecular flexibility index (Phi) is 5.06. The number of hydrogen-bond acceptors (Lipinski definition) is 5. The van der Waals surface area contributed by atoms with Gasteiger partial charge in [0.1, 0.15) is 11.6 Å². The van der Waals surface area contributed by atoms with Gasteiger partial charge in [0.25, 0.3) is 11.8 Å². The minimum Gasteiger partial charge on any atom is -0.480 e. The normalized spacial score (nSPS) is 29.3. The number of carboxylic acids is 1. The van der Waals surface area contributed by atoms with Gasteiger partial charge in [0.2, 0.25) is 0 Å². The topological polar surface area (TPSA) is 101 Å². The number of fused-ring (bicyclic) bond motifs is 1. The molecule has 0 saturated heterocycles. The van der Waals surface area contributed by atoms with Gasteiger partial charge in [0.05, 0.1) is 16.7 Å². The fourth-order valence-corrected chi connectivity index (χ4v) is 7.21. The molecule has 1 heterocycles. The molecule has 5 aliphatic rings. The van der Waals surface area contributed by atoms with E-state index in [1.165, 1.54) is 37.5 Å². The largest absolute Gasteiger partial charge is 0.480 e. The summed E-state index contributed by atoms with van der Waals surface area (Å²) in [6.07, 6.45) is 6.41. The van der Waals surface area contributed by atoms with Gasteiger partial charge in [-0.3, -0.25) is 14.5 Å². The third-order valence-corrected chi connectivity index (χ3v) is 8.31. The molecule has 7 nitrogen and oxygen atoms in total. The van der Waals surface area contributed by atoms with E-state index in [0.717, 1.165) is 24.2 Å². The van der Waals surface area contributed by atoms with Gasteiger partial charge < -0.3 is 9.84 Å². The highest BCUT2D eigenvalue weighted by atomic mass is 16.6. The van der Waals surface area contributed by atoms with Crippen molar-refractivity contribution in [2.45, 2.75) is 56.6 Å². The second kappa shape index (κ2) is 8.04. The average molecular weight is 474 g/mol. The van der Waals surface area contributed by atoms with Gasteiger partial charge in [0.15, 0.2) is 0 Å². The average Bonchev–Trinajstić information content (AvgIpc) is 3.06. The molecule has 2 aromatic rings. The lowest BCUT2D eigenvalue weighted by Gasteiger charge is -2.55. The van der Waals surface area contributed by atoms with Crippen LogP contribution in [0, 0.1) is 17.8 Å². The number of hydrogen-bond donors (Lipinski definition) is 1. The zero-order valence-electron chi connectivity index (χ0n) is 19.3. The maximum Gasteiger partial charge on any atom is 0.338 e. The first kappa shape index (κ1) is 22.0.